The van der Waals surface area contributed by atoms with Crippen LogP contribution in [0, 0.1) is 5.92 Å². The van der Waals surface area contributed by atoms with Crippen LogP contribution in [0.2, 0.25) is 0 Å². The maximum absolute atomic E-state index is 13.6. The SMILES string of the molecule is Br.C[N+]1(C)CCC(OC(=O)C(OC(=O)/C=C\C(=O)O)(c2ccccc2)C2CCCC2)C1. The number of hydrogen-bond acceptors (Lipinski definition) is 5. The van der Waals surface area contributed by atoms with E-state index in [9.17, 15) is 14.4 Å². The van der Waals surface area contributed by atoms with Gasteiger partial charge in [0, 0.05) is 30.1 Å². The van der Waals surface area contributed by atoms with Crippen LogP contribution in [0.15, 0.2) is 42.5 Å². The van der Waals surface area contributed by atoms with Gasteiger partial charge in [0.1, 0.15) is 6.54 Å². The summed E-state index contributed by atoms with van der Waals surface area (Å²) >= 11 is 0. The summed E-state index contributed by atoms with van der Waals surface area (Å²) in [5, 5.41) is 8.85. The first-order valence-electron chi connectivity index (χ1n) is 10.5. The zero-order valence-electron chi connectivity index (χ0n) is 18.0. The molecule has 3 rings (SSSR count). The summed E-state index contributed by atoms with van der Waals surface area (Å²) in [4.78, 5) is 37.0. The van der Waals surface area contributed by atoms with E-state index in [1.165, 1.54) is 0 Å². The van der Waals surface area contributed by atoms with Gasteiger partial charge in [-0.05, 0) is 12.8 Å². The minimum Gasteiger partial charge on any atom is -0.478 e. The van der Waals surface area contributed by atoms with Crippen molar-refractivity contribution >= 4 is 34.9 Å². The Hall–Kier alpha value is -2.19. The highest BCUT2D eigenvalue weighted by Crippen LogP contribution is 2.45. The minimum atomic E-state index is -1.59. The quantitative estimate of drug-likeness (QED) is 0.354. The van der Waals surface area contributed by atoms with E-state index in [-0.39, 0.29) is 29.0 Å². The van der Waals surface area contributed by atoms with Crippen LogP contribution in [-0.2, 0) is 29.5 Å². The number of ether oxygens (including phenoxy) is 2. The molecule has 2 atom stereocenters. The minimum absolute atomic E-state index is 0. The van der Waals surface area contributed by atoms with Gasteiger partial charge in [0.25, 0.3) is 0 Å². The smallest absolute Gasteiger partial charge is 0.356 e. The van der Waals surface area contributed by atoms with E-state index in [1.807, 2.05) is 6.07 Å². The number of carbonyl (C=O) groups excluding carboxylic acids is 2. The third-order valence-corrected chi connectivity index (χ3v) is 6.09. The zero-order valence-corrected chi connectivity index (χ0v) is 19.7. The Bertz CT molecular complexity index is 819. The molecule has 0 aromatic heterocycles. The van der Waals surface area contributed by atoms with Gasteiger partial charge in [-0.1, -0.05) is 43.2 Å². The molecule has 0 amide bonds. The first-order chi connectivity index (χ1) is 14.2. The molecule has 1 aromatic rings. The van der Waals surface area contributed by atoms with Gasteiger partial charge in [0.15, 0.2) is 6.10 Å². The monoisotopic (exact) mass is 496 g/mol. The van der Waals surface area contributed by atoms with Gasteiger partial charge in [0.2, 0.25) is 5.60 Å². The Kier molecular flexibility index (Phi) is 8.42. The van der Waals surface area contributed by atoms with Gasteiger partial charge >= 0.3 is 17.9 Å². The fourth-order valence-corrected chi connectivity index (χ4v) is 4.62. The van der Waals surface area contributed by atoms with Gasteiger partial charge in [-0.2, -0.15) is 0 Å². The van der Waals surface area contributed by atoms with Gasteiger partial charge in [-0.3, -0.25) is 0 Å². The Morgan fingerprint density at radius 3 is 2.26 bits per heavy atom. The van der Waals surface area contributed by atoms with Crippen LogP contribution in [0.4, 0.5) is 0 Å². The largest absolute Gasteiger partial charge is 0.478 e. The number of carbonyl (C=O) groups is 3. The maximum atomic E-state index is 13.6. The summed E-state index contributed by atoms with van der Waals surface area (Å²) < 4.78 is 12.5. The van der Waals surface area contributed by atoms with Crippen LogP contribution >= 0.6 is 17.0 Å². The number of carboxylic acid groups (broad SMARTS) is 1. The predicted molar refractivity (Wildman–Crippen MR) is 120 cm³/mol. The van der Waals surface area contributed by atoms with E-state index in [4.69, 9.17) is 14.6 Å². The van der Waals surface area contributed by atoms with E-state index in [0.717, 1.165) is 55.3 Å². The molecule has 0 spiro atoms. The number of halogens is 1. The average molecular weight is 497 g/mol. The highest BCUT2D eigenvalue weighted by molar-refractivity contribution is 8.93. The summed E-state index contributed by atoms with van der Waals surface area (Å²) in [6.45, 7) is 1.61. The average Bonchev–Trinajstić information content (AvgIpc) is 3.35. The lowest BCUT2D eigenvalue weighted by Gasteiger charge is -2.37. The second-order valence-corrected chi connectivity index (χ2v) is 8.83. The molecule has 0 bridgehead atoms. The number of carboxylic acids is 1. The number of likely N-dealkylation sites (N-methyl/N-ethyl adjacent to an activating group) is 1. The summed E-state index contributed by atoms with van der Waals surface area (Å²) in [6, 6.07) is 8.95. The normalized spacial score (nSPS) is 22.5. The van der Waals surface area contributed by atoms with E-state index in [2.05, 4.69) is 14.1 Å². The number of esters is 2. The molecule has 2 fully saturated rings. The number of likely N-dealkylation sites (tertiary alicyclic amines) is 1. The van der Waals surface area contributed by atoms with Crippen LogP contribution < -0.4 is 0 Å². The van der Waals surface area contributed by atoms with Crippen molar-refractivity contribution in [3.63, 3.8) is 0 Å². The Morgan fingerprint density at radius 1 is 1.06 bits per heavy atom. The molecule has 1 aromatic carbocycles. The number of hydrogen-bond donors (Lipinski definition) is 1. The van der Waals surface area contributed by atoms with Crippen molar-refractivity contribution in [3.05, 3.63) is 48.0 Å². The van der Waals surface area contributed by atoms with Gasteiger partial charge in [-0.25, -0.2) is 14.4 Å². The molecule has 2 aliphatic rings. The number of aliphatic carboxylic acids is 1. The topological polar surface area (TPSA) is 89.9 Å². The third kappa shape index (κ3) is 5.95. The fraction of sp³-hybridized carbons (Fsp3) is 0.522. The summed E-state index contributed by atoms with van der Waals surface area (Å²) in [5.74, 6) is -2.91. The summed E-state index contributed by atoms with van der Waals surface area (Å²) in [7, 11) is 4.18. The molecular weight excluding hydrogens is 466 g/mol. The second kappa shape index (κ2) is 10.4. The summed E-state index contributed by atoms with van der Waals surface area (Å²) in [5.41, 5.74) is -1.03. The molecule has 170 valence electrons. The molecule has 0 radical (unpaired) electrons. The van der Waals surface area contributed by atoms with Crippen LogP contribution in [-0.4, -0.2) is 60.8 Å². The highest BCUT2D eigenvalue weighted by atomic mass is 79.9. The van der Waals surface area contributed by atoms with Crippen LogP contribution in [0.5, 0.6) is 0 Å². The molecule has 1 heterocycles. The van der Waals surface area contributed by atoms with Gasteiger partial charge < -0.3 is 19.1 Å². The number of nitrogens with zero attached hydrogens (tertiary/aromatic N) is 1. The van der Waals surface area contributed by atoms with E-state index in [1.54, 1.807) is 24.3 Å². The molecule has 1 N–H and O–H groups in total. The van der Waals surface area contributed by atoms with Crippen LogP contribution in [0.1, 0.15) is 37.7 Å². The standard InChI is InChI=1S/C23H29NO6.BrH/c1-24(2)15-14-19(16-24)29-22(28)23(18-10-6-7-11-18,17-8-4-3-5-9-17)30-21(27)13-12-20(25)26;/h3-5,8-9,12-13,18-19H,6-7,10-11,14-16H2,1-2H3;1H/p+1/b13-12-;. The van der Waals surface area contributed by atoms with Crippen LogP contribution in [0.25, 0.3) is 0 Å². The Balaban J connectivity index is 0.00000341. The van der Waals surface area contributed by atoms with Crippen molar-refractivity contribution in [2.24, 2.45) is 5.92 Å². The predicted octanol–water partition coefficient (Wildman–Crippen LogP) is 3.23. The third-order valence-electron chi connectivity index (χ3n) is 6.09. The van der Waals surface area contributed by atoms with Crippen molar-refractivity contribution in [3.8, 4) is 0 Å². The van der Waals surface area contributed by atoms with Crippen molar-refractivity contribution in [1.29, 1.82) is 0 Å². The first-order valence-corrected chi connectivity index (χ1v) is 10.5. The lowest BCUT2D eigenvalue weighted by atomic mass is 9.79. The lowest BCUT2D eigenvalue weighted by molar-refractivity contribution is -0.879. The molecule has 1 aliphatic carbocycles. The molecule has 1 saturated carbocycles. The summed E-state index contributed by atoms with van der Waals surface area (Å²) in [6.07, 6.45) is 5.39. The van der Waals surface area contributed by atoms with Crippen molar-refractivity contribution in [2.75, 3.05) is 27.2 Å². The van der Waals surface area contributed by atoms with Crippen molar-refractivity contribution in [1.82, 2.24) is 0 Å². The first kappa shape index (κ1) is 25.1. The molecular formula is C23H31BrNO6+. The van der Waals surface area contributed by atoms with Gasteiger partial charge in [0.05, 0.1) is 20.6 Å². The van der Waals surface area contributed by atoms with Crippen LogP contribution in [0.3, 0.4) is 0 Å². The molecule has 2 unspecified atom stereocenters. The number of rotatable bonds is 7. The van der Waals surface area contributed by atoms with Crippen molar-refractivity contribution < 1.29 is 33.4 Å². The molecule has 1 aliphatic heterocycles. The Labute approximate surface area is 193 Å². The van der Waals surface area contributed by atoms with E-state index in [0.29, 0.717) is 12.1 Å². The number of quaternary nitrogens is 1. The van der Waals surface area contributed by atoms with Gasteiger partial charge in [-0.15, -0.1) is 17.0 Å². The maximum Gasteiger partial charge on any atom is 0.356 e. The second-order valence-electron chi connectivity index (χ2n) is 8.83. The van der Waals surface area contributed by atoms with E-state index < -0.39 is 23.5 Å². The fourth-order valence-electron chi connectivity index (χ4n) is 4.62. The lowest BCUT2D eigenvalue weighted by Crippen LogP contribution is -2.49. The molecule has 8 heteroatoms. The molecule has 7 nitrogen and oxygen atoms in total. The van der Waals surface area contributed by atoms with E-state index >= 15 is 0 Å². The highest BCUT2D eigenvalue weighted by Gasteiger charge is 2.54. The Morgan fingerprint density at radius 2 is 1.71 bits per heavy atom. The molecule has 1 saturated heterocycles. The number of benzene rings is 1. The van der Waals surface area contributed by atoms with Crippen molar-refractivity contribution in [2.45, 2.75) is 43.8 Å². The zero-order chi connectivity index (χ0) is 21.8. The molecule has 31 heavy (non-hydrogen) atoms.